The van der Waals surface area contributed by atoms with E-state index in [2.05, 4.69) is 25.7 Å². The van der Waals surface area contributed by atoms with E-state index in [4.69, 9.17) is 4.74 Å². The number of amides is 2. The number of hydrogen-bond acceptors (Lipinski definition) is 8. The van der Waals surface area contributed by atoms with E-state index in [9.17, 15) is 9.59 Å². The summed E-state index contributed by atoms with van der Waals surface area (Å²) in [5, 5.41) is 14.5. The highest BCUT2D eigenvalue weighted by molar-refractivity contribution is 6.02. The number of nitrogens with zero attached hydrogens (tertiary/aromatic N) is 7. The average molecular weight is 529 g/mol. The van der Waals surface area contributed by atoms with Crippen LogP contribution in [0.5, 0.6) is 5.75 Å². The molecular weight excluding hydrogens is 503 g/mol. The lowest BCUT2D eigenvalue weighted by molar-refractivity contribution is -0.120. The van der Waals surface area contributed by atoms with Gasteiger partial charge in [-0.3, -0.25) is 14.6 Å². The predicted octanol–water partition coefficient (Wildman–Crippen LogP) is 1.97. The van der Waals surface area contributed by atoms with Crippen molar-refractivity contribution < 1.29 is 18.7 Å². The molecule has 1 N–H and O–H groups in total. The monoisotopic (exact) mass is 528 g/mol. The summed E-state index contributed by atoms with van der Waals surface area (Å²) in [5.74, 6) is -1.48. The Labute approximate surface area is 223 Å². The number of hydrogen-bond donors (Lipinski definition) is 1. The molecule has 2 amide bonds. The molecule has 0 unspecified atom stereocenters. The highest BCUT2D eigenvalue weighted by Gasteiger charge is 2.33. The van der Waals surface area contributed by atoms with E-state index in [0.717, 1.165) is 17.5 Å². The van der Waals surface area contributed by atoms with E-state index in [1.165, 1.54) is 21.3 Å². The number of benzene rings is 2. The van der Waals surface area contributed by atoms with Crippen LogP contribution in [0.4, 0.5) is 15.8 Å². The zero-order valence-corrected chi connectivity index (χ0v) is 21.1. The minimum absolute atomic E-state index is 0.170. The van der Waals surface area contributed by atoms with Crippen molar-refractivity contribution in [1.82, 2.24) is 30.5 Å². The van der Waals surface area contributed by atoms with Crippen molar-refractivity contribution in [2.24, 2.45) is 0 Å². The molecule has 0 radical (unpaired) electrons. The second-order valence-corrected chi connectivity index (χ2v) is 9.45. The fraction of sp³-hybridized carbons (Fsp3) is 0.259. The first-order chi connectivity index (χ1) is 19.0. The number of halogens is 1. The van der Waals surface area contributed by atoms with E-state index >= 15 is 4.39 Å². The number of likely N-dealkylation sites (N-methyl/N-ethyl adjacent to an activating group) is 1. The van der Waals surface area contributed by atoms with Crippen LogP contribution in [0, 0.1) is 5.82 Å². The topological polar surface area (TPSA) is 118 Å². The average Bonchev–Trinajstić information content (AvgIpc) is 3.39. The van der Waals surface area contributed by atoms with Crippen LogP contribution in [-0.4, -0.2) is 63.2 Å². The van der Waals surface area contributed by atoms with Crippen molar-refractivity contribution in [2.75, 3.05) is 30.0 Å². The first kappa shape index (κ1) is 24.5. The van der Waals surface area contributed by atoms with Gasteiger partial charge in [-0.15, -0.1) is 10.2 Å². The molecule has 198 valence electrons. The van der Waals surface area contributed by atoms with E-state index < -0.39 is 23.7 Å². The molecule has 39 heavy (non-hydrogen) atoms. The lowest BCUT2D eigenvalue weighted by atomic mass is 10.0. The minimum Gasteiger partial charge on any atom is -0.489 e. The Kier molecular flexibility index (Phi) is 6.35. The van der Waals surface area contributed by atoms with Crippen LogP contribution in [0.2, 0.25) is 0 Å². The van der Waals surface area contributed by atoms with Crippen LogP contribution in [0.3, 0.4) is 0 Å². The zero-order valence-electron chi connectivity index (χ0n) is 21.1. The molecule has 2 aromatic carbocycles. The quantitative estimate of drug-likeness (QED) is 0.418. The Bertz CT molecular complexity index is 1540. The number of ether oxygens (including phenoxy) is 1. The molecule has 4 aromatic rings. The third kappa shape index (κ3) is 4.88. The highest BCUT2D eigenvalue weighted by atomic mass is 19.1. The van der Waals surface area contributed by atoms with Gasteiger partial charge in [-0.2, -0.15) is 4.80 Å². The standard InChI is InChI=1S/C27H25FN8O3/c1-34-23-12-22(35-10-8-18-7-9-29-13-19(18)15-35)20(28)11-24(23)39-16-21(27(34)38)30-26(37)25-31-33-36(32-25)14-17-5-3-2-4-6-17/h2-7,9,11-13,21H,8,10,14-16H2,1H3,(H,30,37)/t21-/m0/s1. The van der Waals surface area contributed by atoms with Gasteiger partial charge in [0.25, 0.3) is 17.6 Å². The number of tetrazole rings is 1. The molecule has 0 saturated heterocycles. The number of nitrogens with one attached hydrogen (secondary N) is 1. The molecule has 2 aromatic heterocycles. The Morgan fingerprint density at radius 2 is 2.00 bits per heavy atom. The maximum Gasteiger partial charge on any atom is 0.293 e. The summed E-state index contributed by atoms with van der Waals surface area (Å²) >= 11 is 0. The van der Waals surface area contributed by atoms with Gasteiger partial charge in [0.1, 0.15) is 24.2 Å². The number of carbonyl (C=O) groups excluding carboxylic acids is 2. The molecule has 0 bridgehead atoms. The fourth-order valence-corrected chi connectivity index (χ4v) is 4.81. The molecule has 0 fully saturated rings. The summed E-state index contributed by atoms with van der Waals surface area (Å²) in [7, 11) is 1.57. The molecule has 4 heterocycles. The van der Waals surface area contributed by atoms with E-state index in [1.54, 1.807) is 25.5 Å². The van der Waals surface area contributed by atoms with E-state index in [-0.39, 0.29) is 18.2 Å². The van der Waals surface area contributed by atoms with Crippen LogP contribution in [0.15, 0.2) is 60.9 Å². The van der Waals surface area contributed by atoms with Gasteiger partial charge in [-0.1, -0.05) is 30.3 Å². The summed E-state index contributed by atoms with van der Waals surface area (Å²) in [6.45, 7) is 1.30. The Morgan fingerprint density at radius 1 is 1.15 bits per heavy atom. The van der Waals surface area contributed by atoms with Crippen LogP contribution in [0.25, 0.3) is 0 Å². The number of fused-ring (bicyclic) bond motifs is 2. The molecule has 2 aliphatic rings. The van der Waals surface area contributed by atoms with Gasteiger partial charge >= 0.3 is 0 Å². The lowest BCUT2D eigenvalue weighted by Crippen LogP contribution is -2.49. The molecule has 6 rings (SSSR count). The van der Waals surface area contributed by atoms with Crippen molar-refractivity contribution >= 4 is 23.2 Å². The van der Waals surface area contributed by atoms with Gasteiger partial charge in [0.15, 0.2) is 0 Å². The van der Waals surface area contributed by atoms with Crippen molar-refractivity contribution in [2.45, 2.75) is 25.6 Å². The number of carbonyl (C=O) groups is 2. The summed E-state index contributed by atoms with van der Waals surface area (Å²) < 4.78 is 21.0. The predicted molar refractivity (Wildman–Crippen MR) is 139 cm³/mol. The second-order valence-electron chi connectivity index (χ2n) is 9.45. The Balaban J connectivity index is 1.17. The molecule has 2 aliphatic heterocycles. The van der Waals surface area contributed by atoms with Gasteiger partial charge in [0, 0.05) is 38.6 Å². The summed E-state index contributed by atoms with van der Waals surface area (Å²) in [5.41, 5.74) is 3.96. The largest absolute Gasteiger partial charge is 0.489 e. The van der Waals surface area contributed by atoms with Crippen molar-refractivity contribution in [3.8, 4) is 5.75 Å². The maximum absolute atomic E-state index is 15.2. The van der Waals surface area contributed by atoms with Crippen LogP contribution < -0.4 is 19.9 Å². The normalized spacial score (nSPS) is 16.7. The molecule has 0 spiro atoms. The SMILES string of the molecule is CN1C(=O)[C@@H](NC(=O)c2nnn(Cc3ccccc3)n2)COc2cc(F)c(N3CCc4ccncc4C3)cc21. The number of aromatic nitrogens is 5. The third-order valence-electron chi connectivity index (χ3n) is 6.91. The fourth-order valence-electron chi connectivity index (χ4n) is 4.81. The van der Waals surface area contributed by atoms with Crippen LogP contribution in [-0.2, 0) is 24.3 Å². The van der Waals surface area contributed by atoms with Crippen molar-refractivity contribution in [1.29, 1.82) is 0 Å². The molecule has 11 nitrogen and oxygen atoms in total. The maximum atomic E-state index is 15.2. The zero-order chi connectivity index (χ0) is 26.9. The van der Waals surface area contributed by atoms with Crippen LogP contribution in [0.1, 0.15) is 27.3 Å². The molecular formula is C27H25FN8O3. The molecule has 12 heteroatoms. The van der Waals surface area contributed by atoms with Gasteiger partial charge in [0.2, 0.25) is 0 Å². The first-order valence-corrected chi connectivity index (χ1v) is 12.5. The number of rotatable bonds is 5. The van der Waals surface area contributed by atoms with Crippen molar-refractivity contribution in [3.05, 3.63) is 89.3 Å². The molecule has 1 atom stereocenters. The molecule has 0 aliphatic carbocycles. The number of pyridine rings is 1. The van der Waals surface area contributed by atoms with Gasteiger partial charge < -0.3 is 19.9 Å². The Hall–Kier alpha value is -4.87. The summed E-state index contributed by atoms with van der Waals surface area (Å²) in [4.78, 5) is 34.9. The smallest absolute Gasteiger partial charge is 0.293 e. The van der Waals surface area contributed by atoms with E-state index in [1.807, 2.05) is 41.3 Å². The Morgan fingerprint density at radius 3 is 2.85 bits per heavy atom. The van der Waals surface area contributed by atoms with Gasteiger partial charge in [0.05, 0.1) is 17.9 Å². The first-order valence-electron chi connectivity index (χ1n) is 12.5. The minimum atomic E-state index is -1.03. The highest BCUT2D eigenvalue weighted by Crippen LogP contribution is 2.38. The number of anilines is 2. The van der Waals surface area contributed by atoms with Gasteiger partial charge in [-0.25, -0.2) is 4.39 Å². The van der Waals surface area contributed by atoms with Crippen LogP contribution >= 0.6 is 0 Å². The third-order valence-corrected chi connectivity index (χ3v) is 6.91. The van der Waals surface area contributed by atoms with E-state index in [0.29, 0.717) is 31.0 Å². The lowest BCUT2D eigenvalue weighted by Gasteiger charge is -2.31. The second kappa shape index (κ2) is 10.1. The van der Waals surface area contributed by atoms with Gasteiger partial charge in [-0.05, 0) is 40.5 Å². The summed E-state index contributed by atoms with van der Waals surface area (Å²) in [6.07, 6.45) is 4.31. The van der Waals surface area contributed by atoms with Crippen molar-refractivity contribution in [3.63, 3.8) is 0 Å². The molecule has 0 saturated carbocycles. The summed E-state index contributed by atoms with van der Waals surface area (Å²) in [6, 6.07) is 13.4.